The normalized spacial score (nSPS) is 16.2. The first kappa shape index (κ1) is 18.9. The molecule has 5 nitrogen and oxygen atoms in total. The third-order valence-corrected chi connectivity index (χ3v) is 5.65. The molecule has 0 bridgehead atoms. The van der Waals surface area contributed by atoms with E-state index in [1.807, 2.05) is 35.7 Å². The number of piperidine rings is 1. The Hall–Kier alpha value is -1.89. The average Bonchev–Trinajstić information content (AvgIpc) is 3.19. The van der Waals surface area contributed by atoms with Crippen LogP contribution in [-0.2, 0) is 11.3 Å². The first-order chi connectivity index (χ1) is 12.7. The van der Waals surface area contributed by atoms with Crippen LogP contribution in [0.25, 0.3) is 0 Å². The van der Waals surface area contributed by atoms with Gasteiger partial charge in [0.2, 0.25) is 0 Å². The molecule has 2 aromatic rings. The Bertz CT molecular complexity index is 691. The third kappa shape index (κ3) is 5.06. The van der Waals surface area contributed by atoms with Gasteiger partial charge in [-0.25, -0.2) is 0 Å². The number of nitrogens with one attached hydrogen (secondary N) is 2. The van der Waals surface area contributed by atoms with Gasteiger partial charge in [-0.2, -0.15) is 0 Å². The van der Waals surface area contributed by atoms with Crippen LogP contribution < -0.4 is 15.4 Å². The summed E-state index contributed by atoms with van der Waals surface area (Å²) in [5.74, 6) is 0.639. The van der Waals surface area contributed by atoms with E-state index in [0.29, 0.717) is 31.1 Å². The van der Waals surface area contributed by atoms with Crippen LogP contribution in [0.3, 0.4) is 0 Å². The van der Waals surface area contributed by atoms with E-state index in [4.69, 9.17) is 9.47 Å². The summed E-state index contributed by atoms with van der Waals surface area (Å²) in [6.45, 7) is 3.74. The summed E-state index contributed by atoms with van der Waals surface area (Å²) < 4.78 is 11.2. The van der Waals surface area contributed by atoms with Crippen molar-refractivity contribution < 1.29 is 14.3 Å². The molecule has 2 heterocycles. The van der Waals surface area contributed by atoms with Gasteiger partial charge in [0.25, 0.3) is 5.91 Å². The second-order valence-electron chi connectivity index (χ2n) is 6.76. The average molecular weight is 375 g/mol. The number of thiophene rings is 1. The number of ether oxygens (including phenoxy) is 2. The summed E-state index contributed by atoms with van der Waals surface area (Å²) >= 11 is 1.66. The zero-order chi connectivity index (χ0) is 18.2. The minimum absolute atomic E-state index is 0.0168. The van der Waals surface area contributed by atoms with Gasteiger partial charge in [-0.3, -0.25) is 4.79 Å². The fourth-order valence-electron chi connectivity index (χ4n) is 3.28. The van der Waals surface area contributed by atoms with E-state index < -0.39 is 0 Å². The predicted octanol–water partition coefficient (Wildman–Crippen LogP) is 3.07. The number of hydrogen-bond acceptors (Lipinski definition) is 5. The van der Waals surface area contributed by atoms with Gasteiger partial charge >= 0.3 is 0 Å². The molecule has 0 unspecified atom stereocenters. The Labute approximate surface area is 158 Å². The highest BCUT2D eigenvalue weighted by molar-refractivity contribution is 7.09. The highest BCUT2D eigenvalue weighted by Crippen LogP contribution is 2.28. The van der Waals surface area contributed by atoms with Crippen molar-refractivity contribution in [3.63, 3.8) is 0 Å². The Morgan fingerprint density at radius 2 is 2.12 bits per heavy atom. The molecule has 1 aliphatic rings. The molecule has 3 rings (SSSR count). The molecule has 0 radical (unpaired) electrons. The molecule has 6 heteroatoms. The van der Waals surface area contributed by atoms with Crippen LogP contribution in [0.5, 0.6) is 5.75 Å². The Kier molecular flexibility index (Phi) is 6.66. The molecule has 1 fully saturated rings. The molecular formula is C20H26N2O3S. The lowest BCUT2D eigenvalue weighted by Gasteiger charge is -2.37. The van der Waals surface area contributed by atoms with Gasteiger partial charge < -0.3 is 20.1 Å². The zero-order valence-electron chi connectivity index (χ0n) is 15.1. The maximum Gasteiger partial charge on any atom is 0.251 e. The van der Waals surface area contributed by atoms with Crippen LogP contribution in [0.15, 0.2) is 41.8 Å². The summed E-state index contributed by atoms with van der Waals surface area (Å²) in [4.78, 5) is 13.8. The largest absolute Gasteiger partial charge is 0.488 e. The SMILES string of the molecule is COCC1(CNC(=O)c2cccc(OCc3cccs3)c2)CCNCC1. The van der Waals surface area contributed by atoms with E-state index in [0.717, 1.165) is 30.8 Å². The van der Waals surface area contributed by atoms with Crippen molar-refractivity contribution in [1.29, 1.82) is 0 Å². The van der Waals surface area contributed by atoms with Crippen molar-refractivity contribution in [2.45, 2.75) is 19.4 Å². The number of hydrogen-bond donors (Lipinski definition) is 2. The molecule has 1 aliphatic heterocycles. The molecule has 26 heavy (non-hydrogen) atoms. The molecule has 0 atom stereocenters. The third-order valence-electron chi connectivity index (χ3n) is 4.80. The van der Waals surface area contributed by atoms with E-state index in [-0.39, 0.29) is 11.3 Å². The quantitative estimate of drug-likeness (QED) is 0.746. The smallest absolute Gasteiger partial charge is 0.251 e. The topological polar surface area (TPSA) is 59.6 Å². The van der Waals surface area contributed by atoms with Crippen molar-refractivity contribution in [2.75, 3.05) is 33.4 Å². The molecule has 1 aromatic carbocycles. The number of carbonyl (C=O) groups excluding carboxylic acids is 1. The summed E-state index contributed by atoms with van der Waals surface area (Å²) in [6.07, 6.45) is 2.01. The van der Waals surface area contributed by atoms with Crippen LogP contribution in [0, 0.1) is 5.41 Å². The predicted molar refractivity (Wildman–Crippen MR) is 104 cm³/mol. The minimum Gasteiger partial charge on any atom is -0.488 e. The zero-order valence-corrected chi connectivity index (χ0v) is 15.9. The molecule has 1 aromatic heterocycles. The van der Waals surface area contributed by atoms with Gasteiger partial charge in [0.1, 0.15) is 12.4 Å². The number of carbonyl (C=O) groups is 1. The van der Waals surface area contributed by atoms with Crippen molar-refractivity contribution in [3.05, 3.63) is 52.2 Å². The van der Waals surface area contributed by atoms with Gasteiger partial charge in [-0.05, 0) is 55.6 Å². The van der Waals surface area contributed by atoms with Gasteiger partial charge in [-0.15, -0.1) is 11.3 Å². The first-order valence-corrected chi connectivity index (χ1v) is 9.82. The van der Waals surface area contributed by atoms with Crippen molar-refractivity contribution in [1.82, 2.24) is 10.6 Å². The van der Waals surface area contributed by atoms with Gasteiger partial charge in [0.15, 0.2) is 0 Å². The van der Waals surface area contributed by atoms with Crippen molar-refractivity contribution in [2.24, 2.45) is 5.41 Å². The second-order valence-corrected chi connectivity index (χ2v) is 7.79. The fourth-order valence-corrected chi connectivity index (χ4v) is 3.90. The highest BCUT2D eigenvalue weighted by atomic mass is 32.1. The Morgan fingerprint density at radius 3 is 2.85 bits per heavy atom. The van der Waals surface area contributed by atoms with E-state index in [9.17, 15) is 4.79 Å². The van der Waals surface area contributed by atoms with Crippen LogP contribution >= 0.6 is 11.3 Å². The van der Waals surface area contributed by atoms with E-state index in [1.54, 1.807) is 24.5 Å². The Morgan fingerprint density at radius 1 is 1.27 bits per heavy atom. The Balaban J connectivity index is 1.57. The van der Waals surface area contributed by atoms with E-state index in [1.165, 1.54) is 0 Å². The standard InChI is InChI=1S/C20H26N2O3S/c1-24-15-20(7-9-21-10-8-20)14-22-19(23)16-4-2-5-17(12-16)25-13-18-6-3-11-26-18/h2-6,11-12,21H,7-10,13-15H2,1H3,(H,22,23). The molecule has 2 N–H and O–H groups in total. The number of benzene rings is 1. The fraction of sp³-hybridized carbons (Fsp3) is 0.450. The van der Waals surface area contributed by atoms with Crippen molar-refractivity contribution in [3.8, 4) is 5.75 Å². The maximum absolute atomic E-state index is 12.6. The molecule has 1 amide bonds. The summed E-state index contributed by atoms with van der Waals surface area (Å²) in [5, 5.41) is 8.48. The second kappa shape index (κ2) is 9.16. The number of rotatable bonds is 8. The van der Waals surface area contributed by atoms with Gasteiger partial charge in [0.05, 0.1) is 6.61 Å². The minimum atomic E-state index is -0.0689. The first-order valence-electron chi connectivity index (χ1n) is 8.94. The highest BCUT2D eigenvalue weighted by Gasteiger charge is 2.32. The molecule has 0 saturated carbocycles. The van der Waals surface area contributed by atoms with Crippen LogP contribution in [-0.4, -0.2) is 39.3 Å². The molecule has 0 spiro atoms. The molecule has 0 aliphatic carbocycles. The summed E-state index contributed by atoms with van der Waals surface area (Å²) in [5.41, 5.74) is 0.637. The summed E-state index contributed by atoms with van der Waals surface area (Å²) in [7, 11) is 1.72. The number of methoxy groups -OCH3 is 1. The molecule has 1 saturated heterocycles. The monoisotopic (exact) mass is 374 g/mol. The summed E-state index contributed by atoms with van der Waals surface area (Å²) in [6, 6.07) is 11.4. The lowest BCUT2D eigenvalue weighted by Crippen LogP contribution is -2.47. The van der Waals surface area contributed by atoms with Gasteiger partial charge in [-0.1, -0.05) is 12.1 Å². The van der Waals surface area contributed by atoms with Crippen LogP contribution in [0.4, 0.5) is 0 Å². The lowest BCUT2D eigenvalue weighted by atomic mass is 9.79. The van der Waals surface area contributed by atoms with Crippen LogP contribution in [0.1, 0.15) is 28.1 Å². The van der Waals surface area contributed by atoms with E-state index in [2.05, 4.69) is 10.6 Å². The number of amides is 1. The molecule has 140 valence electrons. The van der Waals surface area contributed by atoms with Crippen molar-refractivity contribution >= 4 is 17.2 Å². The lowest BCUT2D eigenvalue weighted by molar-refractivity contribution is 0.0511. The maximum atomic E-state index is 12.6. The molecular weight excluding hydrogens is 348 g/mol. The van der Waals surface area contributed by atoms with Gasteiger partial charge in [0, 0.05) is 29.5 Å². The van der Waals surface area contributed by atoms with E-state index >= 15 is 0 Å². The van der Waals surface area contributed by atoms with Crippen LogP contribution in [0.2, 0.25) is 0 Å².